The normalized spacial score (nSPS) is 12.9. The van der Waals surface area contributed by atoms with Crippen molar-refractivity contribution in [2.24, 2.45) is 0 Å². The number of anilines is 2. The zero-order chi connectivity index (χ0) is 30.3. The van der Waals surface area contributed by atoms with Gasteiger partial charge in [0.05, 0.1) is 4.90 Å². The number of allylic oxidation sites excluding steroid dienone is 5. The Kier molecular flexibility index (Phi) is 10.2. The first-order chi connectivity index (χ1) is 20.2. The first kappa shape index (κ1) is 31.0. The SMILES string of the molecule is CCN(CC)c1ccc(C(=C2C=CC(=[N+](C)Cc3cccc(S(=O)(=O)O)c3)C=C2)c2ccc(N(CC)CC)cc2)cc1. The second-order valence-corrected chi connectivity index (χ2v) is 11.8. The van der Waals surface area contributed by atoms with Crippen molar-refractivity contribution in [2.45, 2.75) is 39.1 Å². The molecule has 220 valence electrons. The van der Waals surface area contributed by atoms with E-state index in [1.54, 1.807) is 6.07 Å². The van der Waals surface area contributed by atoms with Crippen molar-refractivity contribution in [2.75, 3.05) is 43.0 Å². The zero-order valence-corrected chi connectivity index (χ0v) is 26.1. The molecule has 7 heteroatoms. The summed E-state index contributed by atoms with van der Waals surface area (Å²) in [5.41, 5.74) is 8.84. The Hall–Kier alpha value is -3.94. The van der Waals surface area contributed by atoms with E-state index in [1.165, 1.54) is 29.1 Å². The maximum atomic E-state index is 11.6. The monoisotopic (exact) mass is 584 g/mol. The highest BCUT2D eigenvalue weighted by Gasteiger charge is 2.16. The number of nitrogens with zero attached hydrogens (tertiary/aromatic N) is 3. The van der Waals surface area contributed by atoms with Crippen LogP contribution in [0, 0.1) is 0 Å². The minimum Gasteiger partial charge on any atom is -0.372 e. The van der Waals surface area contributed by atoms with Gasteiger partial charge in [0, 0.05) is 55.3 Å². The van der Waals surface area contributed by atoms with Crippen molar-refractivity contribution in [3.63, 3.8) is 0 Å². The van der Waals surface area contributed by atoms with Crippen molar-refractivity contribution in [1.29, 1.82) is 0 Å². The molecule has 0 bridgehead atoms. The molecule has 0 fully saturated rings. The fourth-order valence-electron chi connectivity index (χ4n) is 5.41. The summed E-state index contributed by atoms with van der Waals surface area (Å²) in [7, 11) is -2.27. The highest BCUT2D eigenvalue weighted by atomic mass is 32.2. The molecule has 0 radical (unpaired) electrons. The Balaban J connectivity index is 1.71. The molecule has 0 aromatic heterocycles. The first-order valence-electron chi connectivity index (χ1n) is 14.6. The van der Waals surface area contributed by atoms with Crippen LogP contribution in [0.2, 0.25) is 0 Å². The van der Waals surface area contributed by atoms with Gasteiger partial charge in [-0.25, -0.2) is 4.58 Å². The van der Waals surface area contributed by atoms with E-state index in [9.17, 15) is 13.0 Å². The third-order valence-electron chi connectivity index (χ3n) is 7.78. The summed E-state index contributed by atoms with van der Waals surface area (Å²) in [4.78, 5) is 4.60. The molecule has 0 spiro atoms. The van der Waals surface area contributed by atoms with E-state index in [-0.39, 0.29) is 4.90 Å². The van der Waals surface area contributed by atoms with Crippen molar-refractivity contribution in [1.82, 2.24) is 0 Å². The number of hydrogen-bond donors (Lipinski definition) is 1. The Labute approximate surface area is 251 Å². The Morgan fingerprint density at radius 1 is 0.714 bits per heavy atom. The van der Waals surface area contributed by atoms with Crippen LogP contribution in [0.15, 0.2) is 108 Å². The van der Waals surface area contributed by atoms with Crippen molar-refractivity contribution < 1.29 is 17.5 Å². The molecule has 1 aliphatic carbocycles. The Bertz CT molecular complexity index is 1530. The average Bonchev–Trinajstić information content (AvgIpc) is 3.00. The van der Waals surface area contributed by atoms with Crippen LogP contribution in [0.3, 0.4) is 0 Å². The summed E-state index contributed by atoms with van der Waals surface area (Å²) in [6, 6.07) is 24.1. The van der Waals surface area contributed by atoms with E-state index in [4.69, 9.17) is 0 Å². The van der Waals surface area contributed by atoms with Crippen LogP contribution in [-0.2, 0) is 16.7 Å². The molecule has 0 aliphatic heterocycles. The smallest absolute Gasteiger partial charge is 0.294 e. The van der Waals surface area contributed by atoms with Crippen LogP contribution < -0.4 is 9.80 Å². The molecular weight excluding hydrogens is 542 g/mol. The van der Waals surface area contributed by atoms with Crippen molar-refractivity contribution >= 4 is 32.8 Å². The van der Waals surface area contributed by atoms with Gasteiger partial charge in [0.1, 0.15) is 7.05 Å². The molecule has 4 rings (SSSR count). The standard InChI is InChI=1S/C35H41N3O3S/c1-6-37(7-2)32-21-15-29(16-22-32)35(30-17-23-33(24-18-30)38(8-3)9-4)28-13-19-31(20-14-28)36(5)26-27-11-10-12-34(25-27)42(39,40)41/h10-25H,6-9,26H2,1-5H3/p+1. The molecule has 0 amide bonds. The predicted molar refractivity (Wildman–Crippen MR) is 175 cm³/mol. The van der Waals surface area contributed by atoms with Gasteiger partial charge in [-0.2, -0.15) is 8.42 Å². The first-order valence-corrected chi connectivity index (χ1v) is 16.1. The van der Waals surface area contributed by atoms with Gasteiger partial charge in [0.25, 0.3) is 10.1 Å². The van der Waals surface area contributed by atoms with E-state index in [1.807, 2.05) is 13.1 Å². The van der Waals surface area contributed by atoms with Gasteiger partial charge in [0.2, 0.25) is 0 Å². The van der Waals surface area contributed by atoms with Crippen molar-refractivity contribution in [3.8, 4) is 0 Å². The van der Waals surface area contributed by atoms with Crippen molar-refractivity contribution in [3.05, 3.63) is 119 Å². The number of benzene rings is 3. The minimum absolute atomic E-state index is 0.0954. The van der Waals surface area contributed by atoms with E-state index < -0.39 is 10.1 Å². The van der Waals surface area contributed by atoms with E-state index in [2.05, 4.69) is 115 Å². The molecule has 1 aliphatic rings. The van der Waals surface area contributed by atoms with Crippen LogP contribution in [0.5, 0.6) is 0 Å². The molecule has 0 heterocycles. The van der Waals surface area contributed by atoms with Gasteiger partial charge in [0.15, 0.2) is 12.3 Å². The van der Waals surface area contributed by atoms with Gasteiger partial charge in [-0.15, -0.1) is 0 Å². The molecule has 6 nitrogen and oxygen atoms in total. The van der Waals surface area contributed by atoms with Crippen LogP contribution in [0.1, 0.15) is 44.4 Å². The van der Waals surface area contributed by atoms with Gasteiger partial charge in [-0.1, -0.05) is 36.4 Å². The molecule has 3 aromatic rings. The highest BCUT2D eigenvalue weighted by molar-refractivity contribution is 7.85. The summed E-state index contributed by atoms with van der Waals surface area (Å²) in [5, 5.41) is 0. The van der Waals surface area contributed by atoms with Gasteiger partial charge in [-0.05, 0) is 98.5 Å². The fourth-order valence-corrected chi connectivity index (χ4v) is 5.96. The fraction of sp³-hybridized carbons (Fsp3) is 0.286. The van der Waals surface area contributed by atoms with E-state index in [0.717, 1.165) is 54.2 Å². The second-order valence-electron chi connectivity index (χ2n) is 10.3. The van der Waals surface area contributed by atoms with Crippen LogP contribution >= 0.6 is 0 Å². The summed E-state index contributed by atoms with van der Waals surface area (Å²) in [6.45, 7) is 13.1. The lowest BCUT2D eigenvalue weighted by Gasteiger charge is -2.23. The topological polar surface area (TPSA) is 63.9 Å². The van der Waals surface area contributed by atoms with Crippen LogP contribution in [0.4, 0.5) is 11.4 Å². The molecule has 0 unspecified atom stereocenters. The maximum Gasteiger partial charge on any atom is 0.294 e. The summed E-state index contributed by atoms with van der Waals surface area (Å²) in [6.07, 6.45) is 8.48. The minimum atomic E-state index is -4.24. The quantitative estimate of drug-likeness (QED) is 0.198. The average molecular weight is 585 g/mol. The van der Waals surface area contributed by atoms with Crippen LogP contribution in [0.25, 0.3) is 5.57 Å². The summed E-state index contributed by atoms with van der Waals surface area (Å²) >= 11 is 0. The molecule has 0 atom stereocenters. The highest BCUT2D eigenvalue weighted by Crippen LogP contribution is 2.32. The largest absolute Gasteiger partial charge is 0.372 e. The molecule has 42 heavy (non-hydrogen) atoms. The number of hydrogen-bond acceptors (Lipinski definition) is 4. The lowest BCUT2D eigenvalue weighted by molar-refractivity contribution is -0.512. The van der Waals surface area contributed by atoms with E-state index in [0.29, 0.717) is 6.54 Å². The maximum absolute atomic E-state index is 11.6. The van der Waals surface area contributed by atoms with Gasteiger partial charge in [-0.3, -0.25) is 4.55 Å². The summed E-state index contributed by atoms with van der Waals surface area (Å²) < 4.78 is 34.6. The van der Waals surface area contributed by atoms with E-state index >= 15 is 0 Å². The Morgan fingerprint density at radius 3 is 1.62 bits per heavy atom. The third-order valence-corrected chi connectivity index (χ3v) is 8.63. The molecular formula is C35H42N3O3S+. The molecule has 0 saturated carbocycles. The van der Waals surface area contributed by atoms with Gasteiger partial charge >= 0.3 is 0 Å². The lowest BCUT2D eigenvalue weighted by Crippen LogP contribution is -2.21. The Morgan fingerprint density at radius 2 is 1.19 bits per heavy atom. The second kappa shape index (κ2) is 13.8. The molecule has 0 saturated heterocycles. The molecule has 3 aromatic carbocycles. The third kappa shape index (κ3) is 7.27. The predicted octanol–water partition coefficient (Wildman–Crippen LogP) is 6.84. The van der Waals surface area contributed by atoms with Gasteiger partial charge < -0.3 is 9.80 Å². The van der Waals surface area contributed by atoms with Crippen LogP contribution in [-0.4, -0.2) is 56.5 Å². The zero-order valence-electron chi connectivity index (χ0n) is 25.3. The number of rotatable bonds is 11. The lowest BCUT2D eigenvalue weighted by atomic mass is 9.90. The molecule has 1 N–H and O–H groups in total. The summed E-state index contributed by atoms with van der Waals surface area (Å²) in [5.74, 6) is 0.